The van der Waals surface area contributed by atoms with E-state index in [1.54, 1.807) is 6.92 Å². The fourth-order valence-corrected chi connectivity index (χ4v) is 1.16. The van der Waals surface area contributed by atoms with Crippen molar-refractivity contribution in [3.05, 3.63) is 0 Å². The Morgan fingerprint density at radius 1 is 1.00 bits per heavy atom. The van der Waals surface area contributed by atoms with E-state index in [1.807, 2.05) is 0 Å². The highest BCUT2D eigenvalue weighted by Crippen LogP contribution is 1.85. The summed E-state index contributed by atoms with van der Waals surface area (Å²) in [5.41, 5.74) is 0. The molecule has 0 aliphatic carbocycles. The molecule has 0 unspecified atom stereocenters. The van der Waals surface area contributed by atoms with Crippen molar-refractivity contribution in [3.63, 3.8) is 0 Å². The van der Waals surface area contributed by atoms with Gasteiger partial charge in [-0.3, -0.25) is 0 Å². The first-order valence-electron chi connectivity index (χ1n) is 5.26. The minimum Gasteiger partial charge on any atom is -0.464 e. The molecular formula is C10H19IO5. The summed E-state index contributed by atoms with van der Waals surface area (Å²) in [7, 11) is 0. The summed E-state index contributed by atoms with van der Waals surface area (Å²) >= 11 is 2.25. The largest absolute Gasteiger partial charge is 0.464 e. The molecule has 0 N–H and O–H groups in total. The Hall–Kier alpha value is 0.0800. The van der Waals surface area contributed by atoms with Crippen LogP contribution < -0.4 is 0 Å². The van der Waals surface area contributed by atoms with Gasteiger partial charge in [0, 0.05) is 4.43 Å². The molecule has 0 amide bonds. The van der Waals surface area contributed by atoms with Gasteiger partial charge in [-0.25, -0.2) is 4.79 Å². The third-order valence-corrected chi connectivity index (χ3v) is 1.93. The van der Waals surface area contributed by atoms with Crippen LogP contribution in [-0.4, -0.2) is 56.6 Å². The van der Waals surface area contributed by atoms with Crippen LogP contribution in [0.15, 0.2) is 0 Å². The van der Waals surface area contributed by atoms with Crippen LogP contribution in [0.2, 0.25) is 0 Å². The molecule has 0 atom stereocenters. The maximum Gasteiger partial charge on any atom is 0.332 e. The minimum atomic E-state index is -0.340. The molecule has 0 radical (unpaired) electrons. The average molecular weight is 346 g/mol. The van der Waals surface area contributed by atoms with Crippen LogP contribution in [-0.2, 0) is 23.7 Å². The van der Waals surface area contributed by atoms with Gasteiger partial charge in [-0.15, -0.1) is 0 Å². The molecular weight excluding hydrogens is 327 g/mol. The van der Waals surface area contributed by atoms with Gasteiger partial charge < -0.3 is 18.9 Å². The molecule has 0 saturated heterocycles. The average Bonchev–Trinajstić information content (AvgIpc) is 2.27. The summed E-state index contributed by atoms with van der Waals surface area (Å²) in [6.45, 7) is 4.90. The summed E-state index contributed by atoms with van der Waals surface area (Å²) in [4.78, 5) is 10.8. The lowest BCUT2D eigenvalue weighted by atomic mass is 10.7. The van der Waals surface area contributed by atoms with Crippen molar-refractivity contribution >= 4 is 28.6 Å². The smallest absolute Gasteiger partial charge is 0.332 e. The zero-order valence-electron chi connectivity index (χ0n) is 9.58. The van der Waals surface area contributed by atoms with Gasteiger partial charge in [0.15, 0.2) is 0 Å². The van der Waals surface area contributed by atoms with E-state index in [0.717, 1.165) is 11.0 Å². The van der Waals surface area contributed by atoms with Gasteiger partial charge in [0.05, 0.1) is 39.6 Å². The van der Waals surface area contributed by atoms with E-state index in [1.165, 1.54) is 0 Å². The highest BCUT2D eigenvalue weighted by Gasteiger charge is 2.00. The Labute approximate surface area is 110 Å². The summed E-state index contributed by atoms with van der Waals surface area (Å²) in [5.74, 6) is -0.340. The van der Waals surface area contributed by atoms with Crippen LogP contribution in [0.1, 0.15) is 6.92 Å². The predicted molar refractivity (Wildman–Crippen MR) is 68.0 cm³/mol. The van der Waals surface area contributed by atoms with Crippen molar-refractivity contribution in [1.29, 1.82) is 0 Å². The molecule has 0 rings (SSSR count). The number of alkyl halides is 1. The molecule has 0 heterocycles. The van der Waals surface area contributed by atoms with E-state index in [0.29, 0.717) is 33.0 Å². The van der Waals surface area contributed by atoms with Crippen LogP contribution in [0.3, 0.4) is 0 Å². The Morgan fingerprint density at radius 3 is 2.12 bits per heavy atom. The first-order chi connectivity index (χ1) is 7.81. The SMILES string of the molecule is CCOC(=O)COCCOCCOCCI. The number of ether oxygens (including phenoxy) is 4. The standard InChI is InChI=1S/C10H19IO5/c1-2-16-10(12)9-15-8-7-14-6-5-13-4-3-11/h2-9H2,1H3. The number of carbonyl (C=O) groups excluding carboxylic acids is 1. The summed E-state index contributed by atoms with van der Waals surface area (Å²) in [6, 6.07) is 0. The van der Waals surface area contributed by atoms with Crippen LogP contribution in [0, 0.1) is 0 Å². The first kappa shape index (κ1) is 16.1. The molecule has 0 spiro atoms. The van der Waals surface area contributed by atoms with Crippen LogP contribution in [0.25, 0.3) is 0 Å². The molecule has 0 fully saturated rings. The number of esters is 1. The Bertz CT molecular complexity index is 165. The molecule has 0 aromatic heterocycles. The van der Waals surface area contributed by atoms with Gasteiger partial charge in [-0.1, -0.05) is 22.6 Å². The van der Waals surface area contributed by atoms with Crippen LogP contribution in [0.5, 0.6) is 0 Å². The highest BCUT2D eigenvalue weighted by molar-refractivity contribution is 14.1. The van der Waals surface area contributed by atoms with Crippen molar-refractivity contribution in [1.82, 2.24) is 0 Å². The van der Waals surface area contributed by atoms with Gasteiger partial charge in [0.2, 0.25) is 0 Å². The van der Waals surface area contributed by atoms with Gasteiger partial charge >= 0.3 is 5.97 Å². The lowest BCUT2D eigenvalue weighted by Crippen LogP contribution is -2.16. The zero-order valence-corrected chi connectivity index (χ0v) is 11.7. The number of halogens is 1. The predicted octanol–water partition coefficient (Wildman–Crippen LogP) is 1.03. The van der Waals surface area contributed by atoms with Gasteiger partial charge in [0.25, 0.3) is 0 Å². The number of rotatable bonds is 11. The topological polar surface area (TPSA) is 54.0 Å². The van der Waals surface area contributed by atoms with E-state index in [2.05, 4.69) is 27.3 Å². The number of hydrogen-bond acceptors (Lipinski definition) is 5. The Kier molecular flexibility index (Phi) is 13.2. The van der Waals surface area contributed by atoms with Gasteiger partial charge in [0.1, 0.15) is 6.61 Å². The van der Waals surface area contributed by atoms with Crippen LogP contribution >= 0.6 is 22.6 Å². The Balaban J connectivity index is 3.01. The Morgan fingerprint density at radius 2 is 1.56 bits per heavy atom. The van der Waals surface area contributed by atoms with Gasteiger partial charge in [-0.2, -0.15) is 0 Å². The van der Waals surface area contributed by atoms with Gasteiger partial charge in [-0.05, 0) is 6.92 Å². The second kappa shape index (κ2) is 13.1. The van der Waals surface area contributed by atoms with Crippen molar-refractivity contribution in [3.8, 4) is 0 Å². The highest BCUT2D eigenvalue weighted by atomic mass is 127. The lowest BCUT2D eigenvalue weighted by Gasteiger charge is -2.05. The zero-order chi connectivity index (χ0) is 12.1. The molecule has 0 bridgehead atoms. The molecule has 96 valence electrons. The molecule has 6 heteroatoms. The van der Waals surface area contributed by atoms with Crippen molar-refractivity contribution in [2.24, 2.45) is 0 Å². The quantitative estimate of drug-likeness (QED) is 0.242. The summed E-state index contributed by atoms with van der Waals surface area (Å²) in [5, 5.41) is 0. The molecule has 0 aliphatic rings. The second-order valence-electron chi connectivity index (χ2n) is 2.77. The van der Waals surface area contributed by atoms with Crippen LogP contribution in [0.4, 0.5) is 0 Å². The molecule has 0 saturated carbocycles. The number of hydrogen-bond donors (Lipinski definition) is 0. The van der Waals surface area contributed by atoms with Crippen molar-refractivity contribution in [2.75, 3.05) is 50.7 Å². The first-order valence-corrected chi connectivity index (χ1v) is 6.78. The third-order valence-electron chi connectivity index (χ3n) is 1.49. The molecule has 0 aliphatic heterocycles. The minimum absolute atomic E-state index is 0.0114. The van der Waals surface area contributed by atoms with E-state index >= 15 is 0 Å². The summed E-state index contributed by atoms with van der Waals surface area (Å²) < 4.78 is 21.1. The maximum absolute atomic E-state index is 10.8. The normalized spacial score (nSPS) is 10.4. The monoisotopic (exact) mass is 346 g/mol. The molecule has 0 aromatic carbocycles. The molecule has 16 heavy (non-hydrogen) atoms. The van der Waals surface area contributed by atoms with E-state index < -0.39 is 0 Å². The van der Waals surface area contributed by atoms with Crippen molar-refractivity contribution in [2.45, 2.75) is 6.92 Å². The fraction of sp³-hybridized carbons (Fsp3) is 0.900. The fourth-order valence-electron chi connectivity index (χ4n) is 0.853. The van der Waals surface area contributed by atoms with E-state index in [4.69, 9.17) is 14.2 Å². The molecule has 5 nitrogen and oxygen atoms in total. The summed E-state index contributed by atoms with van der Waals surface area (Å²) in [6.07, 6.45) is 0. The maximum atomic E-state index is 10.8. The lowest BCUT2D eigenvalue weighted by molar-refractivity contribution is -0.148. The van der Waals surface area contributed by atoms with Crippen molar-refractivity contribution < 1.29 is 23.7 Å². The third kappa shape index (κ3) is 12.2. The molecule has 0 aromatic rings. The van der Waals surface area contributed by atoms with E-state index in [-0.39, 0.29) is 12.6 Å². The van der Waals surface area contributed by atoms with E-state index in [9.17, 15) is 4.79 Å². The number of carbonyl (C=O) groups is 1. The second-order valence-corrected chi connectivity index (χ2v) is 3.85.